The number of piperidine rings is 1. The Balaban J connectivity index is 1.97. The van der Waals surface area contributed by atoms with Crippen molar-refractivity contribution in [1.82, 2.24) is 14.9 Å². The van der Waals surface area contributed by atoms with Gasteiger partial charge in [0.2, 0.25) is 0 Å². The number of rotatable bonds is 6. The van der Waals surface area contributed by atoms with E-state index in [0.29, 0.717) is 6.04 Å². The first-order chi connectivity index (χ1) is 9.74. The number of likely N-dealkylation sites (tertiary alicyclic amines) is 1. The summed E-state index contributed by atoms with van der Waals surface area (Å²) in [7, 11) is 1.91. The standard InChI is InChI=1S/C15H27N5/c1-4-13-14(16-3)17-11-18-15(13)19-12(2)10-20-8-6-5-7-9-20/h11-12H,4-10H2,1-3H3,(H2,16,17,18,19). The highest BCUT2D eigenvalue weighted by Crippen LogP contribution is 2.21. The van der Waals surface area contributed by atoms with Gasteiger partial charge in [0.15, 0.2) is 0 Å². The Labute approximate surface area is 122 Å². The topological polar surface area (TPSA) is 53.1 Å². The third-order valence-electron chi connectivity index (χ3n) is 3.90. The Bertz CT molecular complexity index is 415. The van der Waals surface area contributed by atoms with Crippen molar-refractivity contribution < 1.29 is 0 Å². The van der Waals surface area contributed by atoms with Crippen molar-refractivity contribution in [2.45, 2.75) is 45.6 Å². The second-order valence-electron chi connectivity index (χ2n) is 5.56. The Morgan fingerprint density at radius 3 is 2.55 bits per heavy atom. The first kappa shape index (κ1) is 15.0. The molecule has 1 aromatic rings. The molecule has 5 heteroatoms. The lowest BCUT2D eigenvalue weighted by Gasteiger charge is -2.29. The molecule has 20 heavy (non-hydrogen) atoms. The highest BCUT2D eigenvalue weighted by Gasteiger charge is 2.15. The Hall–Kier alpha value is -1.36. The quantitative estimate of drug-likeness (QED) is 0.836. The Morgan fingerprint density at radius 2 is 1.90 bits per heavy atom. The van der Waals surface area contributed by atoms with Gasteiger partial charge in [-0.15, -0.1) is 0 Å². The van der Waals surface area contributed by atoms with Gasteiger partial charge in [-0.3, -0.25) is 0 Å². The van der Waals surface area contributed by atoms with E-state index in [1.165, 1.54) is 37.9 Å². The summed E-state index contributed by atoms with van der Waals surface area (Å²) in [6.45, 7) is 7.92. The molecule has 1 unspecified atom stereocenters. The van der Waals surface area contributed by atoms with Gasteiger partial charge in [0.1, 0.15) is 18.0 Å². The van der Waals surface area contributed by atoms with Crippen molar-refractivity contribution in [2.75, 3.05) is 37.3 Å². The first-order valence-corrected chi connectivity index (χ1v) is 7.75. The third kappa shape index (κ3) is 3.82. The van der Waals surface area contributed by atoms with Gasteiger partial charge in [0.25, 0.3) is 0 Å². The van der Waals surface area contributed by atoms with Crippen LogP contribution >= 0.6 is 0 Å². The second-order valence-corrected chi connectivity index (χ2v) is 5.56. The fourth-order valence-electron chi connectivity index (χ4n) is 2.90. The molecule has 0 amide bonds. The average molecular weight is 277 g/mol. The van der Waals surface area contributed by atoms with E-state index < -0.39 is 0 Å². The SMILES string of the molecule is CCc1c(NC)ncnc1NC(C)CN1CCCCC1. The summed E-state index contributed by atoms with van der Waals surface area (Å²) in [5.74, 6) is 1.89. The number of aromatic nitrogens is 2. The summed E-state index contributed by atoms with van der Waals surface area (Å²) in [6.07, 6.45) is 6.61. The van der Waals surface area contributed by atoms with Crippen molar-refractivity contribution >= 4 is 11.6 Å². The van der Waals surface area contributed by atoms with Crippen LogP contribution in [0.4, 0.5) is 11.6 Å². The van der Waals surface area contributed by atoms with E-state index in [1.807, 2.05) is 7.05 Å². The number of nitrogens with zero attached hydrogens (tertiary/aromatic N) is 3. The zero-order valence-corrected chi connectivity index (χ0v) is 12.9. The molecule has 0 aliphatic carbocycles. The Morgan fingerprint density at radius 1 is 1.20 bits per heavy atom. The van der Waals surface area contributed by atoms with Crippen LogP contribution in [0.3, 0.4) is 0 Å². The van der Waals surface area contributed by atoms with Crippen LogP contribution in [0.25, 0.3) is 0 Å². The van der Waals surface area contributed by atoms with Crippen molar-refractivity contribution in [1.29, 1.82) is 0 Å². The van der Waals surface area contributed by atoms with E-state index in [4.69, 9.17) is 0 Å². The molecule has 1 atom stereocenters. The van der Waals surface area contributed by atoms with Gasteiger partial charge in [0.05, 0.1) is 0 Å². The Kier molecular flexibility index (Phi) is 5.59. The monoisotopic (exact) mass is 277 g/mol. The van der Waals surface area contributed by atoms with Crippen LogP contribution in [0.15, 0.2) is 6.33 Å². The predicted molar refractivity (Wildman–Crippen MR) is 84.3 cm³/mol. The molecule has 1 fully saturated rings. The van der Waals surface area contributed by atoms with E-state index in [9.17, 15) is 0 Å². The zero-order valence-electron chi connectivity index (χ0n) is 12.9. The lowest BCUT2D eigenvalue weighted by molar-refractivity contribution is 0.223. The van der Waals surface area contributed by atoms with Gasteiger partial charge in [-0.25, -0.2) is 9.97 Å². The minimum absolute atomic E-state index is 0.401. The smallest absolute Gasteiger partial charge is 0.134 e. The molecular weight excluding hydrogens is 250 g/mol. The molecule has 112 valence electrons. The van der Waals surface area contributed by atoms with Crippen molar-refractivity contribution in [3.05, 3.63) is 11.9 Å². The fourth-order valence-corrected chi connectivity index (χ4v) is 2.90. The maximum Gasteiger partial charge on any atom is 0.134 e. The summed E-state index contributed by atoms with van der Waals surface area (Å²) in [4.78, 5) is 11.2. The van der Waals surface area contributed by atoms with Gasteiger partial charge in [-0.2, -0.15) is 0 Å². The normalized spacial score (nSPS) is 17.8. The summed E-state index contributed by atoms with van der Waals surface area (Å²) in [5.41, 5.74) is 1.17. The van der Waals surface area contributed by atoms with Crippen LogP contribution in [-0.2, 0) is 6.42 Å². The van der Waals surface area contributed by atoms with Crippen molar-refractivity contribution in [3.63, 3.8) is 0 Å². The van der Waals surface area contributed by atoms with Gasteiger partial charge in [0, 0.05) is 25.2 Å². The van der Waals surface area contributed by atoms with Gasteiger partial charge >= 0.3 is 0 Å². The van der Waals surface area contributed by atoms with Crippen molar-refractivity contribution in [2.24, 2.45) is 0 Å². The van der Waals surface area contributed by atoms with Crippen LogP contribution in [0.1, 0.15) is 38.7 Å². The van der Waals surface area contributed by atoms with Gasteiger partial charge in [-0.05, 0) is 39.3 Å². The molecule has 2 N–H and O–H groups in total. The second kappa shape index (κ2) is 7.43. The van der Waals surface area contributed by atoms with Crippen LogP contribution < -0.4 is 10.6 Å². The van der Waals surface area contributed by atoms with Crippen LogP contribution in [0.2, 0.25) is 0 Å². The molecule has 1 saturated heterocycles. The molecular formula is C15H27N5. The number of nitrogens with one attached hydrogen (secondary N) is 2. The van der Waals surface area contributed by atoms with Gasteiger partial charge < -0.3 is 15.5 Å². The third-order valence-corrected chi connectivity index (χ3v) is 3.90. The molecule has 0 radical (unpaired) electrons. The highest BCUT2D eigenvalue weighted by molar-refractivity contribution is 5.57. The minimum atomic E-state index is 0.401. The molecule has 0 aromatic carbocycles. The first-order valence-electron chi connectivity index (χ1n) is 7.75. The molecule has 1 aliphatic heterocycles. The van der Waals surface area contributed by atoms with Crippen molar-refractivity contribution in [3.8, 4) is 0 Å². The molecule has 0 saturated carbocycles. The molecule has 1 aromatic heterocycles. The average Bonchev–Trinajstić information content (AvgIpc) is 2.47. The van der Waals surface area contributed by atoms with Crippen LogP contribution in [-0.4, -0.2) is 47.6 Å². The maximum atomic E-state index is 4.41. The number of hydrogen-bond donors (Lipinski definition) is 2. The predicted octanol–water partition coefficient (Wildman–Crippen LogP) is 2.37. The van der Waals surface area contributed by atoms with E-state index >= 15 is 0 Å². The molecule has 2 rings (SSSR count). The minimum Gasteiger partial charge on any atom is -0.373 e. The van der Waals surface area contributed by atoms with E-state index in [1.54, 1.807) is 6.33 Å². The summed E-state index contributed by atoms with van der Waals surface area (Å²) in [5, 5.41) is 6.69. The van der Waals surface area contributed by atoms with Gasteiger partial charge in [-0.1, -0.05) is 13.3 Å². The summed E-state index contributed by atoms with van der Waals surface area (Å²) >= 11 is 0. The zero-order chi connectivity index (χ0) is 14.4. The highest BCUT2D eigenvalue weighted by atomic mass is 15.2. The van der Waals surface area contributed by atoms with Crippen LogP contribution in [0.5, 0.6) is 0 Å². The van der Waals surface area contributed by atoms with E-state index in [2.05, 4.69) is 39.3 Å². The fraction of sp³-hybridized carbons (Fsp3) is 0.733. The van der Waals surface area contributed by atoms with E-state index in [0.717, 1.165) is 24.6 Å². The lowest BCUT2D eigenvalue weighted by Crippen LogP contribution is -2.38. The summed E-state index contributed by atoms with van der Waals surface area (Å²) < 4.78 is 0. The largest absolute Gasteiger partial charge is 0.373 e. The lowest BCUT2D eigenvalue weighted by atomic mass is 10.1. The maximum absolute atomic E-state index is 4.41. The molecule has 1 aliphatic rings. The molecule has 5 nitrogen and oxygen atoms in total. The van der Waals surface area contributed by atoms with Crippen LogP contribution in [0, 0.1) is 0 Å². The number of anilines is 2. The molecule has 0 spiro atoms. The number of hydrogen-bond acceptors (Lipinski definition) is 5. The van der Waals surface area contributed by atoms with E-state index in [-0.39, 0.29) is 0 Å². The molecule has 2 heterocycles. The molecule has 0 bridgehead atoms. The summed E-state index contributed by atoms with van der Waals surface area (Å²) in [6, 6.07) is 0.401.